The lowest BCUT2D eigenvalue weighted by Gasteiger charge is -2.27. The maximum atomic E-state index is 13.3. The number of carbonyl (C=O) groups excluding carboxylic acids is 3. The molecule has 4 unspecified atom stereocenters. The van der Waals surface area contributed by atoms with E-state index < -0.39 is 66.2 Å². The van der Waals surface area contributed by atoms with Crippen LogP contribution in [0.1, 0.15) is 31.4 Å². The second kappa shape index (κ2) is 14.5. The second-order valence-electron chi connectivity index (χ2n) is 9.27. The van der Waals surface area contributed by atoms with Gasteiger partial charge < -0.3 is 31.9 Å². The summed E-state index contributed by atoms with van der Waals surface area (Å²) in [6.07, 6.45) is -0.463. The monoisotopic (exact) mass is 526 g/mol. The molecule has 11 heteroatoms. The van der Waals surface area contributed by atoms with E-state index in [1.165, 1.54) is 0 Å². The molecular weight excluding hydrogens is 492 g/mol. The third-order valence-corrected chi connectivity index (χ3v) is 5.79. The summed E-state index contributed by atoms with van der Waals surface area (Å²) in [5, 5.41) is 25.6. The van der Waals surface area contributed by atoms with Gasteiger partial charge in [0.05, 0.1) is 12.5 Å². The molecule has 0 bridgehead atoms. The minimum atomic E-state index is -1.67. The van der Waals surface area contributed by atoms with Crippen LogP contribution in [-0.4, -0.2) is 64.0 Å². The van der Waals surface area contributed by atoms with Gasteiger partial charge in [0.2, 0.25) is 17.7 Å². The molecule has 0 spiro atoms. The molecule has 0 aliphatic carbocycles. The van der Waals surface area contributed by atoms with Crippen molar-refractivity contribution in [3.8, 4) is 0 Å². The molecule has 0 aliphatic rings. The fourth-order valence-electron chi connectivity index (χ4n) is 3.72. The summed E-state index contributed by atoms with van der Waals surface area (Å²) in [7, 11) is 0. The Hall–Kier alpha value is -4.25. The Labute approximate surface area is 220 Å². The van der Waals surface area contributed by atoms with Gasteiger partial charge in [0.15, 0.2) is 0 Å². The van der Waals surface area contributed by atoms with E-state index in [1.807, 2.05) is 36.4 Å². The van der Waals surface area contributed by atoms with Crippen LogP contribution in [0.3, 0.4) is 0 Å². The Balaban J connectivity index is 2.19. The third-order valence-electron chi connectivity index (χ3n) is 5.79. The largest absolute Gasteiger partial charge is 0.481 e. The topological polar surface area (TPSA) is 188 Å². The lowest BCUT2D eigenvalue weighted by Crippen LogP contribution is -2.59. The van der Waals surface area contributed by atoms with Crippen molar-refractivity contribution in [2.75, 3.05) is 0 Å². The SMILES string of the molecule is CC(C)C(NC(=O)C(Cc1ccccc1)NC(=O)C(N)Cc1ccccc1)C(=O)NC(CC(=O)O)C(=O)O. The lowest BCUT2D eigenvalue weighted by molar-refractivity contribution is -0.147. The van der Waals surface area contributed by atoms with Crippen LogP contribution in [-0.2, 0) is 36.8 Å². The Kier molecular flexibility index (Phi) is 11.4. The summed E-state index contributed by atoms with van der Waals surface area (Å²) in [5.41, 5.74) is 7.70. The first kappa shape index (κ1) is 30.0. The molecule has 0 aliphatic heterocycles. The number of nitrogens with one attached hydrogen (secondary N) is 3. The number of hydrogen-bond donors (Lipinski definition) is 6. The lowest BCUT2D eigenvalue weighted by atomic mass is 10.00. The number of rotatable bonds is 14. The van der Waals surface area contributed by atoms with Crippen molar-refractivity contribution in [1.29, 1.82) is 0 Å². The van der Waals surface area contributed by atoms with Gasteiger partial charge in [0, 0.05) is 6.42 Å². The third kappa shape index (κ3) is 9.66. The summed E-state index contributed by atoms with van der Waals surface area (Å²) < 4.78 is 0. The van der Waals surface area contributed by atoms with Gasteiger partial charge in [-0.2, -0.15) is 0 Å². The molecule has 2 rings (SSSR count). The van der Waals surface area contributed by atoms with E-state index in [4.69, 9.17) is 10.8 Å². The van der Waals surface area contributed by atoms with Gasteiger partial charge in [0.25, 0.3) is 0 Å². The maximum absolute atomic E-state index is 13.3. The molecule has 2 aromatic carbocycles. The normalized spacial score (nSPS) is 14.0. The maximum Gasteiger partial charge on any atom is 0.326 e. The fourth-order valence-corrected chi connectivity index (χ4v) is 3.72. The molecule has 0 fully saturated rings. The van der Waals surface area contributed by atoms with Crippen molar-refractivity contribution in [3.05, 3.63) is 71.8 Å². The van der Waals surface area contributed by atoms with Gasteiger partial charge in [-0.05, 0) is 23.5 Å². The summed E-state index contributed by atoms with van der Waals surface area (Å²) >= 11 is 0. The van der Waals surface area contributed by atoms with E-state index in [1.54, 1.807) is 38.1 Å². The number of benzene rings is 2. The van der Waals surface area contributed by atoms with Crippen LogP contribution in [0, 0.1) is 5.92 Å². The number of carboxylic acid groups (broad SMARTS) is 2. The predicted octanol–water partition coefficient (Wildman–Crippen LogP) is 0.469. The van der Waals surface area contributed by atoms with Crippen molar-refractivity contribution < 1.29 is 34.2 Å². The zero-order valence-corrected chi connectivity index (χ0v) is 21.3. The van der Waals surface area contributed by atoms with E-state index >= 15 is 0 Å². The van der Waals surface area contributed by atoms with E-state index in [0.717, 1.165) is 11.1 Å². The summed E-state index contributed by atoms with van der Waals surface area (Å²) in [4.78, 5) is 61.4. The average molecular weight is 527 g/mol. The van der Waals surface area contributed by atoms with Crippen LogP contribution in [0.25, 0.3) is 0 Å². The molecule has 4 atom stereocenters. The molecule has 11 nitrogen and oxygen atoms in total. The van der Waals surface area contributed by atoms with Gasteiger partial charge >= 0.3 is 11.9 Å². The van der Waals surface area contributed by atoms with Gasteiger partial charge in [-0.15, -0.1) is 0 Å². The average Bonchev–Trinajstić information content (AvgIpc) is 2.86. The highest BCUT2D eigenvalue weighted by Gasteiger charge is 2.32. The van der Waals surface area contributed by atoms with Crippen LogP contribution >= 0.6 is 0 Å². The number of amides is 3. The van der Waals surface area contributed by atoms with E-state index in [2.05, 4.69) is 16.0 Å². The summed E-state index contributed by atoms with van der Waals surface area (Å²) in [6.45, 7) is 3.27. The van der Waals surface area contributed by atoms with Crippen LogP contribution in [0.2, 0.25) is 0 Å². The van der Waals surface area contributed by atoms with E-state index in [-0.39, 0.29) is 12.8 Å². The molecule has 2 aromatic rings. The van der Waals surface area contributed by atoms with E-state index in [0.29, 0.717) is 0 Å². The summed E-state index contributed by atoms with van der Waals surface area (Å²) in [5.74, 6) is -5.48. The second-order valence-corrected chi connectivity index (χ2v) is 9.27. The Morgan fingerprint density at radius 1 is 0.711 bits per heavy atom. The molecule has 0 aromatic heterocycles. The predicted molar refractivity (Wildman–Crippen MR) is 139 cm³/mol. The molecule has 38 heavy (non-hydrogen) atoms. The Morgan fingerprint density at radius 3 is 1.68 bits per heavy atom. The Bertz CT molecular complexity index is 1110. The number of carbonyl (C=O) groups is 5. The smallest absolute Gasteiger partial charge is 0.326 e. The number of carboxylic acids is 2. The van der Waals surface area contributed by atoms with Crippen molar-refractivity contribution >= 4 is 29.7 Å². The van der Waals surface area contributed by atoms with Crippen molar-refractivity contribution in [3.63, 3.8) is 0 Å². The molecule has 204 valence electrons. The molecule has 0 saturated heterocycles. The number of hydrogen-bond acceptors (Lipinski definition) is 6. The molecule has 0 saturated carbocycles. The van der Waals surface area contributed by atoms with Gasteiger partial charge in [0.1, 0.15) is 18.1 Å². The molecule has 3 amide bonds. The van der Waals surface area contributed by atoms with Gasteiger partial charge in [-0.1, -0.05) is 74.5 Å². The van der Waals surface area contributed by atoms with E-state index in [9.17, 15) is 29.1 Å². The zero-order chi connectivity index (χ0) is 28.2. The van der Waals surface area contributed by atoms with Crippen molar-refractivity contribution in [1.82, 2.24) is 16.0 Å². The first-order valence-electron chi connectivity index (χ1n) is 12.2. The molecular formula is C27H34N4O7. The summed E-state index contributed by atoms with van der Waals surface area (Å²) in [6, 6.07) is 13.2. The highest BCUT2D eigenvalue weighted by Crippen LogP contribution is 2.09. The first-order chi connectivity index (χ1) is 18.0. The number of nitrogens with two attached hydrogens (primary N) is 1. The Morgan fingerprint density at radius 2 is 1.21 bits per heavy atom. The molecule has 0 heterocycles. The quantitative estimate of drug-likeness (QED) is 0.205. The van der Waals surface area contributed by atoms with Crippen molar-refractivity contribution in [2.45, 2.75) is 57.3 Å². The fraction of sp³-hybridized carbons (Fsp3) is 0.370. The molecule has 7 N–H and O–H groups in total. The zero-order valence-electron chi connectivity index (χ0n) is 21.3. The van der Waals surface area contributed by atoms with Crippen molar-refractivity contribution in [2.24, 2.45) is 11.7 Å². The first-order valence-corrected chi connectivity index (χ1v) is 12.2. The van der Waals surface area contributed by atoms with Crippen LogP contribution in [0.5, 0.6) is 0 Å². The number of aliphatic carboxylic acids is 2. The minimum absolute atomic E-state index is 0.111. The van der Waals surface area contributed by atoms with Gasteiger partial charge in [-0.3, -0.25) is 19.2 Å². The van der Waals surface area contributed by atoms with Crippen LogP contribution in [0.4, 0.5) is 0 Å². The van der Waals surface area contributed by atoms with Crippen LogP contribution < -0.4 is 21.7 Å². The highest BCUT2D eigenvalue weighted by molar-refractivity contribution is 5.95. The minimum Gasteiger partial charge on any atom is -0.481 e. The highest BCUT2D eigenvalue weighted by atomic mass is 16.4. The standard InChI is InChI=1S/C27H34N4O7/c1-16(2)23(26(36)30-21(27(37)38)15-22(32)33)31-25(35)20(14-18-11-7-4-8-12-18)29-24(34)19(28)13-17-9-5-3-6-10-17/h3-12,16,19-21,23H,13-15,28H2,1-2H3,(H,29,34)(H,30,36)(H,31,35)(H,32,33)(H,37,38). The molecule has 0 radical (unpaired) electrons. The van der Waals surface area contributed by atoms with Crippen LogP contribution in [0.15, 0.2) is 60.7 Å². The van der Waals surface area contributed by atoms with Gasteiger partial charge in [-0.25, -0.2) is 4.79 Å².